The number of nitro benzene ring substituents is 1. The molecule has 0 spiro atoms. The molecule has 0 aliphatic carbocycles. The summed E-state index contributed by atoms with van der Waals surface area (Å²) in [6.07, 6.45) is 0.315. The fourth-order valence-electron chi connectivity index (χ4n) is 3.11. The molecule has 1 aromatic rings. The van der Waals surface area contributed by atoms with Crippen molar-refractivity contribution in [1.82, 2.24) is 15.5 Å². The van der Waals surface area contributed by atoms with Crippen molar-refractivity contribution < 1.29 is 33.6 Å². The van der Waals surface area contributed by atoms with E-state index in [0.717, 1.165) is 0 Å². The number of ether oxygens (including phenoxy) is 2. The summed E-state index contributed by atoms with van der Waals surface area (Å²) in [4.78, 5) is 60.0. The van der Waals surface area contributed by atoms with E-state index >= 15 is 0 Å². The maximum Gasteiger partial charge on any atom is 0.408 e. The summed E-state index contributed by atoms with van der Waals surface area (Å²) >= 11 is 0. The molecule has 1 heterocycles. The lowest BCUT2D eigenvalue weighted by Crippen LogP contribution is -2.50. The first kappa shape index (κ1) is 25.6. The monoisotopic (exact) mass is 464 g/mol. The SMILES string of the molecule is CC(C)(C)OC(=O)NCC(=O)N1CCC[C@H]1C(=O)NCC(=O)OCc1ccc([N+](=O)[O-])cc1. The van der Waals surface area contributed by atoms with Gasteiger partial charge in [0.1, 0.15) is 31.3 Å². The van der Waals surface area contributed by atoms with E-state index in [9.17, 15) is 29.3 Å². The number of non-ortho nitro benzene ring substituents is 1. The van der Waals surface area contributed by atoms with Gasteiger partial charge in [0.2, 0.25) is 11.8 Å². The number of likely N-dealkylation sites (tertiary alicyclic amines) is 1. The lowest BCUT2D eigenvalue weighted by atomic mass is 10.2. The van der Waals surface area contributed by atoms with Gasteiger partial charge in [-0.15, -0.1) is 0 Å². The van der Waals surface area contributed by atoms with Crippen molar-refractivity contribution in [2.45, 2.75) is 51.9 Å². The number of esters is 1. The second-order valence-corrected chi connectivity index (χ2v) is 8.40. The molecule has 3 amide bonds. The molecule has 1 atom stereocenters. The molecule has 180 valence electrons. The van der Waals surface area contributed by atoms with Crippen LogP contribution in [0.1, 0.15) is 39.2 Å². The highest BCUT2D eigenvalue weighted by molar-refractivity contribution is 5.91. The van der Waals surface area contributed by atoms with Crippen LogP contribution in [-0.2, 0) is 30.5 Å². The molecular weight excluding hydrogens is 436 g/mol. The third-order valence-electron chi connectivity index (χ3n) is 4.61. The van der Waals surface area contributed by atoms with E-state index in [0.29, 0.717) is 24.9 Å². The topological polar surface area (TPSA) is 157 Å². The molecular formula is C21H28N4O8. The number of nitrogens with one attached hydrogen (secondary N) is 2. The van der Waals surface area contributed by atoms with Crippen molar-refractivity contribution in [1.29, 1.82) is 0 Å². The van der Waals surface area contributed by atoms with Crippen LogP contribution in [-0.4, -0.2) is 65.0 Å². The lowest BCUT2D eigenvalue weighted by Gasteiger charge is -2.24. The second kappa shape index (κ2) is 11.2. The maximum absolute atomic E-state index is 12.5. The Hall–Kier alpha value is -3.70. The molecule has 0 unspecified atom stereocenters. The van der Waals surface area contributed by atoms with Gasteiger partial charge >= 0.3 is 12.1 Å². The van der Waals surface area contributed by atoms with Crippen LogP contribution in [0.25, 0.3) is 0 Å². The smallest absolute Gasteiger partial charge is 0.408 e. The number of hydrogen-bond acceptors (Lipinski definition) is 8. The number of amides is 3. The minimum absolute atomic E-state index is 0.0747. The normalized spacial score (nSPS) is 15.5. The minimum atomic E-state index is -0.750. The zero-order valence-corrected chi connectivity index (χ0v) is 18.8. The highest BCUT2D eigenvalue weighted by atomic mass is 16.6. The number of carbonyl (C=O) groups excluding carboxylic acids is 4. The number of rotatable bonds is 8. The Bertz CT molecular complexity index is 895. The molecule has 0 aromatic heterocycles. The third-order valence-corrected chi connectivity index (χ3v) is 4.61. The summed E-state index contributed by atoms with van der Waals surface area (Å²) in [6, 6.07) is 4.79. The highest BCUT2D eigenvalue weighted by Crippen LogP contribution is 2.17. The van der Waals surface area contributed by atoms with E-state index in [-0.39, 0.29) is 25.4 Å². The number of carbonyl (C=O) groups is 4. The van der Waals surface area contributed by atoms with Crippen LogP contribution in [0.3, 0.4) is 0 Å². The van der Waals surface area contributed by atoms with Crippen molar-refractivity contribution in [2.75, 3.05) is 19.6 Å². The Morgan fingerprint density at radius 2 is 1.79 bits per heavy atom. The van der Waals surface area contributed by atoms with E-state index in [1.807, 2.05) is 0 Å². The molecule has 1 aliphatic rings. The van der Waals surface area contributed by atoms with Crippen LogP contribution >= 0.6 is 0 Å². The van der Waals surface area contributed by atoms with Crippen molar-refractivity contribution >= 4 is 29.6 Å². The molecule has 1 aromatic carbocycles. The molecule has 12 nitrogen and oxygen atoms in total. The van der Waals surface area contributed by atoms with Gasteiger partial charge in [-0.1, -0.05) is 0 Å². The standard InChI is InChI=1S/C21H28N4O8/c1-21(2,3)33-20(29)23-11-17(26)24-10-4-5-16(24)19(28)22-12-18(27)32-13-14-6-8-15(9-7-14)25(30)31/h6-9,16H,4-5,10-13H2,1-3H3,(H,22,28)(H,23,29)/t16-/m0/s1. The first-order valence-electron chi connectivity index (χ1n) is 10.4. The maximum atomic E-state index is 12.5. The van der Waals surface area contributed by atoms with Crippen LogP contribution in [0, 0.1) is 10.1 Å². The van der Waals surface area contributed by atoms with Gasteiger partial charge in [-0.2, -0.15) is 0 Å². The third kappa shape index (κ3) is 8.39. The Morgan fingerprint density at radius 1 is 1.12 bits per heavy atom. The van der Waals surface area contributed by atoms with E-state index in [4.69, 9.17) is 9.47 Å². The van der Waals surface area contributed by atoms with Gasteiger partial charge in [0, 0.05) is 18.7 Å². The summed E-state index contributed by atoms with van der Waals surface area (Å²) in [7, 11) is 0. The van der Waals surface area contributed by atoms with Crippen LogP contribution in [0.5, 0.6) is 0 Å². The van der Waals surface area contributed by atoms with Gasteiger partial charge in [0.25, 0.3) is 5.69 Å². The first-order valence-corrected chi connectivity index (χ1v) is 10.4. The number of alkyl carbamates (subject to hydrolysis) is 1. The van der Waals surface area contributed by atoms with Crippen LogP contribution < -0.4 is 10.6 Å². The van der Waals surface area contributed by atoms with Crippen molar-refractivity contribution in [3.63, 3.8) is 0 Å². The molecule has 2 N–H and O–H groups in total. The van der Waals surface area contributed by atoms with Crippen LogP contribution in [0.2, 0.25) is 0 Å². The second-order valence-electron chi connectivity index (χ2n) is 8.40. The van der Waals surface area contributed by atoms with Gasteiger partial charge in [-0.05, 0) is 51.3 Å². The molecule has 0 radical (unpaired) electrons. The quantitative estimate of drug-likeness (QED) is 0.331. The largest absolute Gasteiger partial charge is 0.460 e. The summed E-state index contributed by atoms with van der Waals surface area (Å²) in [6.45, 7) is 4.66. The molecule has 0 saturated carbocycles. The highest BCUT2D eigenvalue weighted by Gasteiger charge is 2.34. The fourth-order valence-corrected chi connectivity index (χ4v) is 3.11. The molecule has 0 bridgehead atoms. The van der Waals surface area contributed by atoms with E-state index < -0.39 is 40.4 Å². The minimum Gasteiger partial charge on any atom is -0.460 e. The Kier molecular flexibility index (Phi) is 8.71. The molecule has 1 aliphatic heterocycles. The summed E-state index contributed by atoms with van der Waals surface area (Å²) in [5.41, 5.74) is -0.212. The van der Waals surface area contributed by atoms with Gasteiger partial charge < -0.3 is 25.0 Å². The molecule has 2 rings (SSSR count). The van der Waals surface area contributed by atoms with E-state index in [1.54, 1.807) is 20.8 Å². The number of hydrogen-bond donors (Lipinski definition) is 2. The Balaban J connectivity index is 1.76. The lowest BCUT2D eigenvalue weighted by molar-refractivity contribution is -0.384. The van der Waals surface area contributed by atoms with Gasteiger partial charge in [0.15, 0.2) is 0 Å². The van der Waals surface area contributed by atoms with Gasteiger partial charge in [-0.25, -0.2) is 4.79 Å². The Labute approximate surface area is 190 Å². The first-order chi connectivity index (χ1) is 15.5. The molecule has 33 heavy (non-hydrogen) atoms. The number of nitro groups is 1. The van der Waals surface area contributed by atoms with E-state index in [1.165, 1.54) is 29.2 Å². The molecule has 1 fully saturated rings. The van der Waals surface area contributed by atoms with Crippen molar-refractivity contribution in [3.05, 3.63) is 39.9 Å². The predicted octanol–water partition coefficient (Wildman–Crippen LogP) is 1.27. The number of benzene rings is 1. The number of nitrogens with zero attached hydrogens (tertiary/aromatic N) is 2. The van der Waals surface area contributed by atoms with Gasteiger partial charge in [-0.3, -0.25) is 24.5 Å². The van der Waals surface area contributed by atoms with Crippen LogP contribution in [0.15, 0.2) is 24.3 Å². The van der Waals surface area contributed by atoms with Crippen molar-refractivity contribution in [2.24, 2.45) is 0 Å². The molecule has 12 heteroatoms. The zero-order valence-electron chi connectivity index (χ0n) is 18.8. The molecule has 1 saturated heterocycles. The van der Waals surface area contributed by atoms with Crippen molar-refractivity contribution in [3.8, 4) is 0 Å². The summed E-state index contributed by atoms with van der Waals surface area (Å²) in [5, 5.41) is 15.5. The van der Waals surface area contributed by atoms with Gasteiger partial charge in [0.05, 0.1) is 4.92 Å². The predicted molar refractivity (Wildman–Crippen MR) is 115 cm³/mol. The average Bonchev–Trinajstić information content (AvgIpc) is 3.23. The Morgan fingerprint density at radius 3 is 2.39 bits per heavy atom. The van der Waals surface area contributed by atoms with Crippen LogP contribution in [0.4, 0.5) is 10.5 Å². The fraction of sp³-hybridized carbons (Fsp3) is 0.524. The average molecular weight is 464 g/mol. The van der Waals surface area contributed by atoms with E-state index in [2.05, 4.69) is 10.6 Å². The summed E-state index contributed by atoms with van der Waals surface area (Å²) in [5.74, 6) is -1.62. The zero-order chi connectivity index (χ0) is 24.6. The summed E-state index contributed by atoms with van der Waals surface area (Å²) < 4.78 is 10.1.